The second-order valence-electron chi connectivity index (χ2n) is 7.71. The molecule has 1 heterocycles. The summed E-state index contributed by atoms with van der Waals surface area (Å²) >= 11 is 0. The number of amides is 3. The Labute approximate surface area is 175 Å². The number of benzene rings is 2. The van der Waals surface area contributed by atoms with Gasteiger partial charge in [0.1, 0.15) is 5.82 Å². The van der Waals surface area contributed by atoms with Gasteiger partial charge in [0.05, 0.1) is 5.92 Å². The lowest BCUT2D eigenvalue weighted by atomic mass is 10.1. The third kappa shape index (κ3) is 5.43. The van der Waals surface area contributed by atoms with Gasteiger partial charge in [-0.2, -0.15) is 0 Å². The number of carbonyl (C=O) groups excluding carboxylic acids is 3. The van der Waals surface area contributed by atoms with Crippen LogP contribution >= 0.6 is 0 Å². The van der Waals surface area contributed by atoms with E-state index in [0.717, 1.165) is 11.1 Å². The van der Waals surface area contributed by atoms with Gasteiger partial charge in [0.15, 0.2) is 0 Å². The molecule has 0 aliphatic carbocycles. The third-order valence-electron chi connectivity index (χ3n) is 5.19. The summed E-state index contributed by atoms with van der Waals surface area (Å²) < 4.78 is 13.2. The van der Waals surface area contributed by atoms with E-state index in [9.17, 15) is 18.8 Å². The van der Waals surface area contributed by atoms with Crippen molar-refractivity contribution in [1.29, 1.82) is 0 Å². The topological polar surface area (TPSA) is 69.7 Å². The van der Waals surface area contributed by atoms with Crippen molar-refractivity contribution in [3.05, 3.63) is 71.0 Å². The van der Waals surface area contributed by atoms with E-state index in [2.05, 4.69) is 5.32 Å². The zero-order valence-electron chi connectivity index (χ0n) is 17.2. The molecule has 1 fully saturated rings. The van der Waals surface area contributed by atoms with E-state index in [1.54, 1.807) is 19.1 Å². The Morgan fingerprint density at radius 2 is 1.70 bits per heavy atom. The lowest BCUT2D eigenvalue weighted by molar-refractivity contribution is -0.157. The zero-order valence-corrected chi connectivity index (χ0v) is 17.2. The molecule has 2 aromatic carbocycles. The maximum Gasteiger partial charge on any atom is 0.312 e. The molecule has 1 N–H and O–H groups in total. The van der Waals surface area contributed by atoms with E-state index in [4.69, 9.17) is 0 Å². The van der Waals surface area contributed by atoms with Crippen LogP contribution in [0.4, 0.5) is 4.39 Å². The van der Waals surface area contributed by atoms with Gasteiger partial charge in [0.25, 0.3) is 0 Å². The number of carbonyl (C=O) groups is 3. The molecule has 0 spiro atoms. The second kappa shape index (κ2) is 9.52. The molecule has 158 valence electrons. The van der Waals surface area contributed by atoms with Crippen LogP contribution in [0.25, 0.3) is 0 Å². The van der Waals surface area contributed by atoms with E-state index >= 15 is 0 Å². The molecule has 0 saturated carbocycles. The van der Waals surface area contributed by atoms with Crippen LogP contribution in [0.1, 0.15) is 23.6 Å². The molecule has 3 amide bonds. The Balaban J connectivity index is 1.50. The minimum absolute atomic E-state index is 0.165. The largest absolute Gasteiger partial charge is 0.352 e. The number of rotatable bonds is 7. The molecule has 30 heavy (non-hydrogen) atoms. The number of nitrogens with one attached hydrogen (secondary N) is 1. The summed E-state index contributed by atoms with van der Waals surface area (Å²) in [6.45, 7) is 5.27. The molecule has 7 heteroatoms. The minimum Gasteiger partial charge on any atom is -0.352 e. The van der Waals surface area contributed by atoms with Gasteiger partial charge < -0.3 is 15.1 Å². The van der Waals surface area contributed by atoms with E-state index in [0.29, 0.717) is 25.2 Å². The van der Waals surface area contributed by atoms with Gasteiger partial charge in [-0.05, 0) is 30.2 Å². The molecule has 1 aliphatic heterocycles. The lowest BCUT2D eigenvalue weighted by Gasteiger charge is -2.34. The predicted molar refractivity (Wildman–Crippen MR) is 111 cm³/mol. The first kappa shape index (κ1) is 21.5. The average Bonchev–Trinajstić information content (AvgIpc) is 2.73. The molecule has 1 unspecified atom stereocenters. The standard InChI is InChI=1S/C23H26FN3O3/c1-16-6-8-18(9-7-16)15-27-11-10-26(22(29)23(27)30)14-17(2)21(28)25-13-19-4-3-5-20(24)12-19/h3-9,12,17H,10-11,13-15H2,1-2H3,(H,25,28). The highest BCUT2D eigenvalue weighted by atomic mass is 19.1. The Morgan fingerprint density at radius 3 is 2.40 bits per heavy atom. The smallest absolute Gasteiger partial charge is 0.312 e. The van der Waals surface area contributed by atoms with Gasteiger partial charge in [-0.1, -0.05) is 48.9 Å². The van der Waals surface area contributed by atoms with Gasteiger partial charge in [-0.15, -0.1) is 0 Å². The normalized spacial score (nSPS) is 15.3. The molecule has 1 atom stereocenters. The molecule has 0 radical (unpaired) electrons. The van der Waals surface area contributed by atoms with Crippen LogP contribution in [0.2, 0.25) is 0 Å². The highest BCUT2D eigenvalue weighted by Gasteiger charge is 2.33. The average molecular weight is 411 g/mol. The van der Waals surface area contributed by atoms with Gasteiger partial charge >= 0.3 is 11.8 Å². The van der Waals surface area contributed by atoms with Crippen LogP contribution in [0.3, 0.4) is 0 Å². The zero-order chi connectivity index (χ0) is 21.7. The van der Waals surface area contributed by atoms with Crippen molar-refractivity contribution in [1.82, 2.24) is 15.1 Å². The van der Waals surface area contributed by atoms with Crippen LogP contribution < -0.4 is 5.32 Å². The van der Waals surface area contributed by atoms with Gasteiger partial charge in [-0.25, -0.2) is 4.39 Å². The second-order valence-corrected chi connectivity index (χ2v) is 7.71. The summed E-state index contributed by atoms with van der Waals surface area (Å²) in [6, 6.07) is 13.9. The number of hydrogen-bond acceptors (Lipinski definition) is 3. The molecular formula is C23H26FN3O3. The first-order chi connectivity index (χ1) is 14.3. The highest BCUT2D eigenvalue weighted by molar-refractivity contribution is 6.35. The van der Waals surface area contributed by atoms with Crippen LogP contribution in [-0.4, -0.2) is 47.2 Å². The molecular weight excluding hydrogens is 385 g/mol. The molecule has 0 aromatic heterocycles. The molecule has 1 aliphatic rings. The Bertz CT molecular complexity index is 930. The summed E-state index contributed by atoms with van der Waals surface area (Å²) in [5, 5.41) is 2.75. The summed E-state index contributed by atoms with van der Waals surface area (Å²) in [7, 11) is 0. The fourth-order valence-corrected chi connectivity index (χ4v) is 3.38. The quantitative estimate of drug-likeness (QED) is 0.711. The fourth-order valence-electron chi connectivity index (χ4n) is 3.38. The molecule has 3 rings (SSSR count). The van der Waals surface area contributed by atoms with Crippen molar-refractivity contribution in [2.75, 3.05) is 19.6 Å². The fraction of sp³-hybridized carbons (Fsp3) is 0.348. The van der Waals surface area contributed by atoms with Crippen molar-refractivity contribution in [3.63, 3.8) is 0 Å². The highest BCUT2D eigenvalue weighted by Crippen LogP contribution is 2.13. The number of piperazine rings is 1. The monoisotopic (exact) mass is 411 g/mol. The minimum atomic E-state index is -0.585. The van der Waals surface area contributed by atoms with Crippen molar-refractivity contribution in [3.8, 4) is 0 Å². The summed E-state index contributed by atoms with van der Waals surface area (Å²) in [6.07, 6.45) is 0. The summed E-state index contributed by atoms with van der Waals surface area (Å²) in [5.41, 5.74) is 2.77. The first-order valence-electron chi connectivity index (χ1n) is 9.99. The summed E-state index contributed by atoms with van der Waals surface area (Å²) in [5.74, 6) is -2.23. The van der Waals surface area contributed by atoms with Crippen molar-refractivity contribution in [2.24, 2.45) is 5.92 Å². The molecule has 2 aromatic rings. The maximum absolute atomic E-state index is 13.2. The van der Waals surface area contributed by atoms with Crippen LogP contribution in [-0.2, 0) is 27.5 Å². The number of aryl methyl sites for hydroxylation is 1. The van der Waals surface area contributed by atoms with Gasteiger partial charge in [0, 0.05) is 32.7 Å². The van der Waals surface area contributed by atoms with Gasteiger partial charge in [0.2, 0.25) is 5.91 Å². The van der Waals surface area contributed by atoms with E-state index in [1.165, 1.54) is 21.9 Å². The summed E-state index contributed by atoms with van der Waals surface area (Å²) in [4.78, 5) is 40.3. The number of hydrogen-bond donors (Lipinski definition) is 1. The molecule has 1 saturated heterocycles. The third-order valence-corrected chi connectivity index (χ3v) is 5.19. The van der Waals surface area contributed by atoms with E-state index in [1.807, 2.05) is 31.2 Å². The molecule has 6 nitrogen and oxygen atoms in total. The lowest BCUT2D eigenvalue weighted by Crippen LogP contribution is -2.55. The Kier molecular flexibility index (Phi) is 6.82. The van der Waals surface area contributed by atoms with Crippen molar-refractivity contribution in [2.45, 2.75) is 26.9 Å². The Hall–Kier alpha value is -3.22. The van der Waals surface area contributed by atoms with Crippen molar-refractivity contribution >= 4 is 17.7 Å². The van der Waals surface area contributed by atoms with Crippen LogP contribution in [0.5, 0.6) is 0 Å². The number of halogens is 1. The molecule has 0 bridgehead atoms. The Morgan fingerprint density at radius 1 is 1.03 bits per heavy atom. The predicted octanol–water partition coefficient (Wildman–Crippen LogP) is 2.26. The van der Waals surface area contributed by atoms with E-state index < -0.39 is 17.7 Å². The van der Waals surface area contributed by atoms with Crippen LogP contribution in [0.15, 0.2) is 48.5 Å². The maximum atomic E-state index is 13.2. The van der Waals surface area contributed by atoms with Crippen LogP contribution in [0, 0.1) is 18.7 Å². The van der Waals surface area contributed by atoms with Crippen molar-refractivity contribution < 1.29 is 18.8 Å². The van der Waals surface area contributed by atoms with E-state index in [-0.39, 0.29) is 24.8 Å². The first-order valence-corrected chi connectivity index (χ1v) is 9.99. The number of nitrogens with zero attached hydrogens (tertiary/aromatic N) is 2. The van der Waals surface area contributed by atoms with Gasteiger partial charge in [-0.3, -0.25) is 14.4 Å². The SMILES string of the molecule is Cc1ccc(CN2CCN(CC(C)C(=O)NCc3cccc(F)c3)C(=O)C2=O)cc1.